The van der Waals surface area contributed by atoms with Crippen molar-refractivity contribution in [1.82, 2.24) is 0 Å². The van der Waals surface area contributed by atoms with E-state index >= 15 is 0 Å². The van der Waals surface area contributed by atoms with Crippen molar-refractivity contribution in [1.29, 1.82) is 0 Å². The predicted molar refractivity (Wildman–Crippen MR) is 264 cm³/mol. The van der Waals surface area contributed by atoms with Gasteiger partial charge in [-0.1, -0.05) is 182 Å². The number of hydrogen-bond acceptors (Lipinski definition) is 3. The van der Waals surface area contributed by atoms with E-state index in [0.29, 0.717) is 18.2 Å². The van der Waals surface area contributed by atoms with Crippen LogP contribution in [0.1, 0.15) is 16.7 Å². The van der Waals surface area contributed by atoms with Crippen LogP contribution in [0.5, 0.6) is 0 Å². The Bertz CT molecular complexity index is 3230. The highest BCUT2D eigenvalue weighted by atomic mass is 16.3. The molecule has 9 aromatic carbocycles. The zero-order chi connectivity index (χ0) is 42.4. The lowest BCUT2D eigenvalue weighted by Crippen LogP contribution is -2.09. The van der Waals surface area contributed by atoms with Gasteiger partial charge in [0.1, 0.15) is 11.2 Å². The normalized spacial score (nSPS) is 11.8. The summed E-state index contributed by atoms with van der Waals surface area (Å²) in [6.45, 7) is 4.48. The number of anilines is 3. The molecule has 0 atom stereocenters. The smallest absolute Gasteiger partial charge is 0.161 e. The van der Waals surface area contributed by atoms with Crippen molar-refractivity contribution in [3.63, 3.8) is 0 Å². The summed E-state index contributed by atoms with van der Waals surface area (Å²) in [4.78, 5) is 17.2. The molecule has 5 nitrogen and oxygen atoms in total. The second kappa shape index (κ2) is 17.7. The second-order valence-corrected chi connectivity index (χ2v) is 15.3. The third-order valence-electron chi connectivity index (χ3n) is 11.3. The third kappa shape index (κ3) is 8.11. The minimum Gasteiger partial charge on any atom is -0.456 e. The van der Waals surface area contributed by atoms with E-state index in [1.54, 1.807) is 0 Å². The molecular weight excluding hydrogens is 769 g/mol. The van der Waals surface area contributed by atoms with E-state index in [4.69, 9.17) is 14.4 Å². The SMILES string of the molecule is C=NC(=NC(=NCc1ccccc1)c1ccccc1-c1ccccc1)c1cccc2oc3cc(N(c4ccccc4)c4ccc(-c5ccc(-c6ccccc6)cc5)cc4)ccc3c12. The maximum Gasteiger partial charge on any atom is 0.161 e. The van der Waals surface area contributed by atoms with Crippen LogP contribution in [0.4, 0.5) is 17.1 Å². The molecule has 1 heterocycles. The highest BCUT2D eigenvalue weighted by molar-refractivity contribution is 6.22. The number of amidine groups is 2. The van der Waals surface area contributed by atoms with Crippen molar-refractivity contribution in [3.8, 4) is 33.4 Å². The van der Waals surface area contributed by atoms with Gasteiger partial charge in [0.15, 0.2) is 11.7 Å². The van der Waals surface area contributed by atoms with Crippen LogP contribution in [-0.2, 0) is 6.54 Å². The average molecular weight is 811 g/mol. The summed E-state index contributed by atoms with van der Waals surface area (Å²) in [6, 6.07) is 79.6. The zero-order valence-electron chi connectivity index (χ0n) is 34.6. The van der Waals surface area contributed by atoms with Crippen LogP contribution in [-0.4, -0.2) is 18.4 Å². The average Bonchev–Trinajstić information content (AvgIpc) is 3.74. The topological polar surface area (TPSA) is 53.5 Å². The molecule has 0 fully saturated rings. The van der Waals surface area contributed by atoms with Crippen LogP contribution < -0.4 is 4.90 Å². The molecule has 0 amide bonds. The van der Waals surface area contributed by atoms with E-state index in [1.165, 1.54) is 16.7 Å². The van der Waals surface area contributed by atoms with Crippen molar-refractivity contribution in [3.05, 3.63) is 247 Å². The lowest BCUT2D eigenvalue weighted by atomic mass is 9.99. The van der Waals surface area contributed by atoms with E-state index < -0.39 is 0 Å². The first kappa shape index (κ1) is 38.8. The highest BCUT2D eigenvalue weighted by Gasteiger charge is 2.20. The van der Waals surface area contributed by atoms with Gasteiger partial charge < -0.3 is 9.32 Å². The van der Waals surface area contributed by atoms with Gasteiger partial charge in [-0.05, 0) is 88.1 Å². The fourth-order valence-electron chi connectivity index (χ4n) is 8.21. The summed E-state index contributed by atoms with van der Waals surface area (Å²) in [6.07, 6.45) is 0. The second-order valence-electron chi connectivity index (χ2n) is 15.3. The van der Waals surface area contributed by atoms with E-state index in [1.807, 2.05) is 78.9 Å². The van der Waals surface area contributed by atoms with Gasteiger partial charge in [-0.3, -0.25) is 4.99 Å². The maximum atomic E-state index is 6.67. The van der Waals surface area contributed by atoms with Crippen molar-refractivity contribution in [2.45, 2.75) is 6.54 Å². The summed E-state index contributed by atoms with van der Waals surface area (Å²) in [7, 11) is 0. The molecule has 0 saturated carbocycles. The van der Waals surface area contributed by atoms with Crippen LogP contribution in [0.2, 0.25) is 0 Å². The minimum atomic E-state index is 0.456. The van der Waals surface area contributed by atoms with E-state index in [2.05, 4.69) is 168 Å². The monoisotopic (exact) mass is 810 g/mol. The first-order chi connectivity index (χ1) is 31.2. The van der Waals surface area contributed by atoms with Gasteiger partial charge in [-0.25, -0.2) is 9.98 Å². The Morgan fingerprint density at radius 3 is 1.62 bits per heavy atom. The number of aliphatic imine (C=N–C) groups is 3. The summed E-state index contributed by atoms with van der Waals surface area (Å²) >= 11 is 0. The Balaban J connectivity index is 1.03. The van der Waals surface area contributed by atoms with Crippen LogP contribution >= 0.6 is 0 Å². The van der Waals surface area contributed by atoms with Gasteiger partial charge in [-0.2, -0.15) is 0 Å². The molecule has 300 valence electrons. The summed E-state index contributed by atoms with van der Waals surface area (Å²) in [5.41, 5.74) is 14.2. The van der Waals surface area contributed by atoms with Crippen LogP contribution in [0.3, 0.4) is 0 Å². The molecule has 0 N–H and O–H groups in total. The summed E-state index contributed by atoms with van der Waals surface area (Å²) in [5.74, 6) is 1.03. The van der Waals surface area contributed by atoms with Crippen LogP contribution in [0.15, 0.2) is 250 Å². The molecule has 10 rings (SSSR count). The van der Waals surface area contributed by atoms with Gasteiger partial charge in [-0.15, -0.1) is 0 Å². The standard InChI is InChI=1S/C58H42N4O/c1-59-57(61-58(60-40-41-17-6-2-7-18-41)51-26-15-14-25-50(51)46-21-10-4-11-22-46)53-27-16-28-54-56(53)52-38-37-49(39-55(52)63-54)62(47-23-12-5-13-24-47)48-35-33-45(34-36-48)44-31-29-43(30-32-44)42-19-8-3-9-20-42/h2-39H,1,40H2. The molecule has 1 aromatic heterocycles. The van der Waals surface area contributed by atoms with Gasteiger partial charge in [0.05, 0.1) is 6.54 Å². The Morgan fingerprint density at radius 2 is 0.952 bits per heavy atom. The molecule has 0 spiro atoms. The Kier molecular flexibility index (Phi) is 10.9. The third-order valence-corrected chi connectivity index (χ3v) is 11.3. The largest absolute Gasteiger partial charge is 0.456 e. The van der Waals surface area contributed by atoms with Gasteiger partial charge >= 0.3 is 0 Å². The number of para-hydroxylation sites is 1. The minimum absolute atomic E-state index is 0.456. The Labute approximate surface area is 367 Å². The Hall–Kier alpha value is -8.41. The highest BCUT2D eigenvalue weighted by Crippen LogP contribution is 2.40. The van der Waals surface area contributed by atoms with Gasteiger partial charge in [0, 0.05) is 45.0 Å². The number of hydrogen-bond donors (Lipinski definition) is 0. The predicted octanol–water partition coefficient (Wildman–Crippen LogP) is 15.2. The molecule has 0 aliphatic rings. The van der Waals surface area contributed by atoms with Crippen LogP contribution in [0, 0.1) is 0 Å². The number of benzene rings is 9. The molecule has 63 heavy (non-hydrogen) atoms. The van der Waals surface area contributed by atoms with Crippen molar-refractivity contribution >= 4 is 57.4 Å². The molecule has 5 heteroatoms. The Morgan fingerprint density at radius 1 is 0.429 bits per heavy atom. The first-order valence-corrected chi connectivity index (χ1v) is 21.1. The molecule has 0 saturated heterocycles. The van der Waals surface area contributed by atoms with Crippen LogP contribution in [0.25, 0.3) is 55.3 Å². The molecular formula is C58H42N4O. The molecule has 10 aromatic rings. The van der Waals surface area contributed by atoms with Gasteiger partial charge in [0.2, 0.25) is 0 Å². The number of nitrogens with zero attached hydrogens (tertiary/aromatic N) is 4. The first-order valence-electron chi connectivity index (χ1n) is 21.1. The quantitative estimate of drug-likeness (QED) is 0.102. The van der Waals surface area contributed by atoms with Crippen molar-refractivity contribution < 1.29 is 4.42 Å². The fraction of sp³-hybridized carbons (Fsp3) is 0.0172. The number of furan rings is 1. The number of rotatable bonds is 10. The van der Waals surface area contributed by atoms with Gasteiger partial charge in [0.25, 0.3) is 0 Å². The molecule has 0 aliphatic heterocycles. The molecule has 0 aliphatic carbocycles. The summed E-state index contributed by atoms with van der Waals surface area (Å²) in [5, 5.41) is 1.87. The van der Waals surface area contributed by atoms with E-state index in [-0.39, 0.29) is 0 Å². The van der Waals surface area contributed by atoms with E-state index in [9.17, 15) is 0 Å². The zero-order valence-corrected chi connectivity index (χ0v) is 34.6. The van der Waals surface area contributed by atoms with Crippen molar-refractivity contribution in [2.75, 3.05) is 4.90 Å². The van der Waals surface area contributed by atoms with Crippen molar-refractivity contribution in [2.24, 2.45) is 15.0 Å². The molecule has 0 unspecified atom stereocenters. The maximum absolute atomic E-state index is 6.67. The fourth-order valence-corrected chi connectivity index (χ4v) is 8.21. The lowest BCUT2D eigenvalue weighted by Gasteiger charge is -2.25. The summed E-state index contributed by atoms with van der Waals surface area (Å²) < 4.78 is 6.67. The van der Waals surface area contributed by atoms with E-state index in [0.717, 1.165) is 72.4 Å². The lowest BCUT2D eigenvalue weighted by molar-refractivity contribution is 0.669. The molecule has 0 bridgehead atoms. The molecule has 0 radical (unpaired) electrons. The number of fused-ring (bicyclic) bond motifs is 3.